The number of hydrogen-bond acceptors (Lipinski definition) is 3. The lowest BCUT2D eigenvalue weighted by Crippen LogP contribution is -2.16. The molecule has 0 atom stereocenters. The van der Waals surface area contributed by atoms with Gasteiger partial charge in [-0.2, -0.15) is 4.99 Å². The topological polar surface area (TPSA) is 34.4 Å². The molecule has 0 radical (unpaired) electrons. The standard InChI is InChI=1S/C18H14N2OS2/c1-3-12-20-15-6-4-5-7-16(15)23-18(20)19-17(21)13-8-10-14(22-2)11-9-13/h1,4-11H,12H2,2H3. The van der Waals surface area contributed by atoms with E-state index in [1.54, 1.807) is 23.9 Å². The first-order valence-electron chi connectivity index (χ1n) is 6.98. The molecule has 0 N–H and O–H groups in total. The molecule has 5 heteroatoms. The van der Waals surface area contributed by atoms with Crippen molar-refractivity contribution in [1.82, 2.24) is 4.57 Å². The number of para-hydroxylation sites is 1. The summed E-state index contributed by atoms with van der Waals surface area (Å²) in [6.45, 7) is 0.390. The fourth-order valence-corrected chi connectivity index (χ4v) is 3.67. The Balaban J connectivity index is 2.07. The van der Waals surface area contributed by atoms with Crippen LogP contribution in [0, 0.1) is 12.3 Å². The maximum atomic E-state index is 12.4. The summed E-state index contributed by atoms with van der Waals surface area (Å²) in [6.07, 6.45) is 7.46. The monoisotopic (exact) mass is 338 g/mol. The molecule has 0 aliphatic rings. The molecule has 0 aliphatic carbocycles. The van der Waals surface area contributed by atoms with Crippen molar-refractivity contribution < 1.29 is 4.79 Å². The Morgan fingerprint density at radius 3 is 2.70 bits per heavy atom. The summed E-state index contributed by atoms with van der Waals surface area (Å²) in [4.78, 5) is 18.4. The normalized spacial score (nSPS) is 11.6. The van der Waals surface area contributed by atoms with Gasteiger partial charge in [0.05, 0.1) is 16.8 Å². The molecule has 3 rings (SSSR count). The van der Waals surface area contributed by atoms with E-state index in [4.69, 9.17) is 6.42 Å². The van der Waals surface area contributed by atoms with E-state index in [-0.39, 0.29) is 5.91 Å². The van der Waals surface area contributed by atoms with Gasteiger partial charge in [0.1, 0.15) is 0 Å². The maximum absolute atomic E-state index is 12.4. The predicted octanol–water partition coefficient (Wildman–Crippen LogP) is 3.80. The van der Waals surface area contributed by atoms with Gasteiger partial charge in [0, 0.05) is 10.5 Å². The van der Waals surface area contributed by atoms with E-state index in [9.17, 15) is 4.79 Å². The minimum atomic E-state index is -0.255. The minimum absolute atomic E-state index is 0.255. The lowest BCUT2D eigenvalue weighted by atomic mass is 10.2. The summed E-state index contributed by atoms with van der Waals surface area (Å²) in [5.41, 5.74) is 1.58. The molecule has 23 heavy (non-hydrogen) atoms. The van der Waals surface area contributed by atoms with Gasteiger partial charge >= 0.3 is 0 Å². The van der Waals surface area contributed by atoms with E-state index in [0.717, 1.165) is 15.1 Å². The molecule has 114 valence electrons. The van der Waals surface area contributed by atoms with Crippen molar-refractivity contribution in [3.05, 3.63) is 58.9 Å². The number of terminal acetylenes is 1. The average Bonchev–Trinajstić information content (AvgIpc) is 2.93. The number of fused-ring (bicyclic) bond motifs is 1. The Labute approximate surface area is 142 Å². The van der Waals surface area contributed by atoms with Crippen molar-refractivity contribution in [1.29, 1.82) is 0 Å². The van der Waals surface area contributed by atoms with Crippen LogP contribution in [0.25, 0.3) is 10.2 Å². The third-order valence-corrected chi connectivity index (χ3v) is 5.17. The summed E-state index contributed by atoms with van der Waals surface area (Å²) in [5.74, 6) is 2.37. The first kappa shape index (κ1) is 15.6. The molecule has 2 aromatic carbocycles. The SMILES string of the molecule is C#CCn1c(=NC(=O)c2ccc(SC)cc2)sc2ccccc21. The first-order chi connectivity index (χ1) is 11.2. The van der Waals surface area contributed by atoms with Crippen LogP contribution in [-0.4, -0.2) is 16.7 Å². The Morgan fingerprint density at radius 2 is 2.00 bits per heavy atom. The maximum Gasteiger partial charge on any atom is 0.279 e. The van der Waals surface area contributed by atoms with Crippen LogP contribution in [0.15, 0.2) is 58.4 Å². The number of nitrogens with zero attached hydrogens (tertiary/aromatic N) is 2. The molecular weight excluding hydrogens is 324 g/mol. The highest BCUT2D eigenvalue weighted by molar-refractivity contribution is 7.98. The summed E-state index contributed by atoms with van der Waals surface area (Å²) >= 11 is 3.11. The van der Waals surface area contributed by atoms with E-state index in [2.05, 4.69) is 10.9 Å². The number of aromatic nitrogens is 1. The molecule has 0 saturated heterocycles. The number of carbonyl (C=O) groups is 1. The molecule has 0 spiro atoms. The van der Waals surface area contributed by atoms with Crippen LogP contribution in [0.5, 0.6) is 0 Å². The van der Waals surface area contributed by atoms with E-state index in [1.165, 1.54) is 11.3 Å². The van der Waals surface area contributed by atoms with Crippen molar-refractivity contribution in [3.63, 3.8) is 0 Å². The molecule has 0 fully saturated rings. The zero-order chi connectivity index (χ0) is 16.2. The zero-order valence-electron chi connectivity index (χ0n) is 12.5. The Morgan fingerprint density at radius 1 is 1.26 bits per heavy atom. The van der Waals surface area contributed by atoms with Crippen molar-refractivity contribution in [2.45, 2.75) is 11.4 Å². The zero-order valence-corrected chi connectivity index (χ0v) is 14.2. The third kappa shape index (κ3) is 3.24. The highest BCUT2D eigenvalue weighted by atomic mass is 32.2. The second-order valence-electron chi connectivity index (χ2n) is 4.79. The van der Waals surface area contributed by atoms with Crippen LogP contribution >= 0.6 is 23.1 Å². The van der Waals surface area contributed by atoms with Gasteiger partial charge in [-0.25, -0.2) is 0 Å². The second-order valence-corrected chi connectivity index (χ2v) is 6.68. The van der Waals surface area contributed by atoms with Crippen molar-refractivity contribution >= 4 is 39.2 Å². The largest absolute Gasteiger partial charge is 0.305 e. The smallest absolute Gasteiger partial charge is 0.279 e. The van der Waals surface area contributed by atoms with Crippen LogP contribution in [0.3, 0.4) is 0 Å². The number of hydrogen-bond donors (Lipinski definition) is 0. The summed E-state index contributed by atoms with van der Waals surface area (Å²) in [6, 6.07) is 15.4. The van der Waals surface area contributed by atoms with Gasteiger partial charge in [-0.15, -0.1) is 18.2 Å². The number of thiazole rings is 1. The molecule has 0 aliphatic heterocycles. The molecule has 0 bridgehead atoms. The minimum Gasteiger partial charge on any atom is -0.305 e. The number of carbonyl (C=O) groups excluding carboxylic acids is 1. The van der Waals surface area contributed by atoms with E-state index < -0.39 is 0 Å². The first-order valence-corrected chi connectivity index (χ1v) is 9.02. The van der Waals surface area contributed by atoms with Gasteiger partial charge in [-0.05, 0) is 42.7 Å². The van der Waals surface area contributed by atoms with E-state index in [0.29, 0.717) is 16.9 Å². The third-order valence-electron chi connectivity index (χ3n) is 3.37. The van der Waals surface area contributed by atoms with Crippen molar-refractivity contribution in [3.8, 4) is 12.3 Å². The molecule has 3 nitrogen and oxygen atoms in total. The molecule has 1 amide bonds. The molecule has 0 saturated carbocycles. The molecule has 0 unspecified atom stereocenters. The average molecular weight is 338 g/mol. The van der Waals surface area contributed by atoms with Gasteiger partial charge in [0.2, 0.25) is 0 Å². The molecule has 3 aromatic rings. The highest BCUT2D eigenvalue weighted by Crippen LogP contribution is 2.17. The lowest BCUT2D eigenvalue weighted by Gasteiger charge is -2.00. The van der Waals surface area contributed by atoms with Gasteiger partial charge in [0.25, 0.3) is 5.91 Å². The number of thioether (sulfide) groups is 1. The lowest BCUT2D eigenvalue weighted by molar-refractivity contribution is 0.0998. The number of benzene rings is 2. The predicted molar refractivity (Wildman–Crippen MR) is 96.8 cm³/mol. The van der Waals surface area contributed by atoms with E-state index in [1.807, 2.05) is 47.2 Å². The Hall–Kier alpha value is -2.29. The number of amides is 1. The molecule has 1 heterocycles. The van der Waals surface area contributed by atoms with Crippen molar-refractivity contribution in [2.24, 2.45) is 4.99 Å². The Bertz CT molecular complexity index is 959. The van der Waals surface area contributed by atoms with Crippen molar-refractivity contribution in [2.75, 3.05) is 6.26 Å². The van der Waals surface area contributed by atoms with Crippen LogP contribution in [0.4, 0.5) is 0 Å². The van der Waals surface area contributed by atoms with Gasteiger partial charge in [-0.3, -0.25) is 4.79 Å². The van der Waals surface area contributed by atoms with Gasteiger partial charge < -0.3 is 4.57 Å². The Kier molecular flexibility index (Phi) is 4.65. The summed E-state index contributed by atoms with van der Waals surface area (Å²) in [7, 11) is 0. The van der Waals surface area contributed by atoms with Crippen LogP contribution in [-0.2, 0) is 6.54 Å². The van der Waals surface area contributed by atoms with Crippen LogP contribution < -0.4 is 4.80 Å². The van der Waals surface area contributed by atoms with Gasteiger partial charge in [-0.1, -0.05) is 29.4 Å². The number of rotatable bonds is 3. The fraction of sp³-hybridized carbons (Fsp3) is 0.111. The van der Waals surface area contributed by atoms with Crippen LogP contribution in [0.2, 0.25) is 0 Å². The molecular formula is C18H14N2OS2. The second kappa shape index (κ2) is 6.86. The quantitative estimate of drug-likeness (QED) is 0.538. The van der Waals surface area contributed by atoms with Crippen LogP contribution in [0.1, 0.15) is 10.4 Å². The van der Waals surface area contributed by atoms with Gasteiger partial charge in [0.15, 0.2) is 4.80 Å². The molecule has 1 aromatic heterocycles. The summed E-state index contributed by atoms with van der Waals surface area (Å²) in [5, 5.41) is 0. The van der Waals surface area contributed by atoms with E-state index >= 15 is 0 Å². The summed E-state index contributed by atoms with van der Waals surface area (Å²) < 4.78 is 2.96. The highest BCUT2D eigenvalue weighted by Gasteiger charge is 2.08. The fourth-order valence-electron chi connectivity index (χ4n) is 2.24.